The zero-order valence-corrected chi connectivity index (χ0v) is 17.4. The summed E-state index contributed by atoms with van der Waals surface area (Å²) in [6.07, 6.45) is 3.95. The number of likely N-dealkylation sites (tertiary alicyclic amines) is 1. The van der Waals surface area contributed by atoms with Crippen LogP contribution in [0.2, 0.25) is 0 Å². The quantitative estimate of drug-likeness (QED) is 0.723. The van der Waals surface area contributed by atoms with E-state index in [1.807, 2.05) is 49.8 Å². The lowest BCUT2D eigenvalue weighted by Crippen LogP contribution is -2.46. The number of aromatic nitrogens is 2. The van der Waals surface area contributed by atoms with Crippen LogP contribution < -0.4 is 0 Å². The summed E-state index contributed by atoms with van der Waals surface area (Å²) in [6.45, 7) is 6.75. The molecule has 2 aliphatic heterocycles. The van der Waals surface area contributed by atoms with Crippen LogP contribution in [0.1, 0.15) is 64.2 Å². The van der Waals surface area contributed by atoms with Gasteiger partial charge < -0.3 is 14.4 Å². The Morgan fingerprint density at radius 3 is 2.79 bits per heavy atom. The molecule has 1 amide bonds. The molecule has 3 atom stereocenters. The second-order valence-corrected chi connectivity index (χ2v) is 9.07. The first-order chi connectivity index (χ1) is 13.8. The van der Waals surface area contributed by atoms with Crippen molar-refractivity contribution in [3.8, 4) is 0 Å². The summed E-state index contributed by atoms with van der Waals surface area (Å²) < 4.78 is 28.3. The number of benzene rings is 1. The van der Waals surface area contributed by atoms with Crippen LogP contribution in [0.4, 0.5) is 9.18 Å². The molecule has 29 heavy (non-hydrogen) atoms. The number of nitrogens with zero attached hydrogens (tertiary/aromatic N) is 3. The number of hydrogen-bond acceptors (Lipinski definition) is 4. The normalized spacial score (nSPS) is 25.9. The molecule has 4 rings (SSSR count). The smallest absolute Gasteiger partial charge is 0.410 e. The molecule has 0 spiro atoms. The Labute approximate surface area is 170 Å². The van der Waals surface area contributed by atoms with E-state index in [2.05, 4.69) is 5.10 Å². The van der Waals surface area contributed by atoms with Gasteiger partial charge >= 0.3 is 6.09 Å². The molecular weight excluding hydrogens is 373 g/mol. The number of rotatable bonds is 2. The molecule has 1 aromatic carbocycles. The van der Waals surface area contributed by atoms with Crippen molar-refractivity contribution in [1.29, 1.82) is 0 Å². The van der Waals surface area contributed by atoms with Gasteiger partial charge in [-0.3, -0.25) is 0 Å². The molecule has 3 unspecified atom stereocenters. The van der Waals surface area contributed by atoms with E-state index in [9.17, 15) is 4.79 Å². The number of fused-ring (bicyclic) bond motifs is 1. The Morgan fingerprint density at radius 1 is 1.28 bits per heavy atom. The van der Waals surface area contributed by atoms with E-state index < -0.39 is 17.9 Å². The summed E-state index contributed by atoms with van der Waals surface area (Å²) in [4.78, 5) is 13.8. The van der Waals surface area contributed by atoms with Gasteiger partial charge in [0.15, 0.2) is 6.23 Å². The van der Waals surface area contributed by atoms with E-state index >= 15 is 4.39 Å². The van der Waals surface area contributed by atoms with Gasteiger partial charge in [-0.25, -0.2) is 13.9 Å². The maximum atomic E-state index is 15.1. The predicted molar refractivity (Wildman–Crippen MR) is 109 cm³/mol. The highest BCUT2D eigenvalue weighted by Gasteiger charge is 2.34. The molecule has 0 saturated carbocycles. The monoisotopic (exact) mass is 403 g/mol. The van der Waals surface area contributed by atoms with Gasteiger partial charge in [0.25, 0.3) is 0 Å². The highest BCUT2D eigenvalue weighted by molar-refractivity contribution is 5.79. The third-order valence-electron chi connectivity index (χ3n) is 5.67. The van der Waals surface area contributed by atoms with Gasteiger partial charge in [-0.2, -0.15) is 5.10 Å². The van der Waals surface area contributed by atoms with E-state index in [1.165, 1.54) is 4.90 Å². The Morgan fingerprint density at radius 2 is 2.10 bits per heavy atom. The summed E-state index contributed by atoms with van der Waals surface area (Å²) in [7, 11) is 0. The number of carbonyl (C=O) groups is 1. The van der Waals surface area contributed by atoms with Crippen LogP contribution in [0.5, 0.6) is 0 Å². The van der Waals surface area contributed by atoms with Crippen molar-refractivity contribution in [1.82, 2.24) is 14.7 Å². The van der Waals surface area contributed by atoms with Gasteiger partial charge in [0.2, 0.25) is 0 Å². The first kappa shape index (κ1) is 20.1. The van der Waals surface area contributed by atoms with Crippen LogP contribution in [-0.4, -0.2) is 52.2 Å². The molecule has 6 nitrogen and oxygen atoms in total. The summed E-state index contributed by atoms with van der Waals surface area (Å²) in [5.41, 5.74) is 1.35. The van der Waals surface area contributed by atoms with Crippen molar-refractivity contribution in [2.24, 2.45) is 0 Å². The van der Waals surface area contributed by atoms with Crippen molar-refractivity contribution >= 4 is 17.0 Å². The van der Waals surface area contributed by atoms with Gasteiger partial charge in [0.05, 0.1) is 18.3 Å². The lowest BCUT2D eigenvalue weighted by atomic mass is 9.87. The molecule has 2 aliphatic rings. The van der Waals surface area contributed by atoms with Crippen molar-refractivity contribution < 1.29 is 18.7 Å². The van der Waals surface area contributed by atoms with Gasteiger partial charge in [0.1, 0.15) is 11.8 Å². The fourth-order valence-electron chi connectivity index (χ4n) is 4.20. The van der Waals surface area contributed by atoms with E-state index in [0.717, 1.165) is 42.3 Å². The summed E-state index contributed by atoms with van der Waals surface area (Å²) >= 11 is 0. The fraction of sp³-hybridized carbons (Fsp3) is 0.636. The number of halogens is 1. The Bertz CT molecular complexity index is 870. The molecule has 158 valence electrons. The second kappa shape index (κ2) is 7.94. The number of carbonyl (C=O) groups excluding carboxylic acids is 1. The van der Waals surface area contributed by atoms with Crippen LogP contribution in [0.25, 0.3) is 10.9 Å². The second-order valence-electron chi connectivity index (χ2n) is 9.07. The molecule has 7 heteroatoms. The van der Waals surface area contributed by atoms with Gasteiger partial charge in [-0.05, 0) is 58.1 Å². The molecule has 3 heterocycles. The Kier molecular flexibility index (Phi) is 5.51. The lowest BCUT2D eigenvalue weighted by Gasteiger charge is -2.36. The molecule has 2 saturated heterocycles. The first-order valence-corrected chi connectivity index (χ1v) is 10.5. The van der Waals surface area contributed by atoms with Crippen LogP contribution in [-0.2, 0) is 9.47 Å². The fourth-order valence-corrected chi connectivity index (χ4v) is 4.20. The average molecular weight is 403 g/mol. The van der Waals surface area contributed by atoms with E-state index in [0.29, 0.717) is 13.0 Å². The van der Waals surface area contributed by atoms with Crippen LogP contribution in [0.15, 0.2) is 24.4 Å². The SMILES string of the molecule is CC(C)(C)OC(=O)N1CCC(c2ccc3cnn(C4CCCCO4)c3c2)C(F)C1. The van der Waals surface area contributed by atoms with E-state index in [-0.39, 0.29) is 18.7 Å². The highest BCUT2D eigenvalue weighted by Crippen LogP contribution is 2.34. The highest BCUT2D eigenvalue weighted by atomic mass is 19.1. The number of hydrogen-bond donors (Lipinski definition) is 0. The number of alkyl halides is 1. The molecule has 0 bridgehead atoms. The van der Waals surface area contributed by atoms with Crippen LogP contribution in [0, 0.1) is 0 Å². The maximum Gasteiger partial charge on any atom is 0.410 e. The van der Waals surface area contributed by atoms with Gasteiger partial charge in [-0.1, -0.05) is 12.1 Å². The molecule has 0 N–H and O–H groups in total. The third kappa shape index (κ3) is 4.39. The summed E-state index contributed by atoms with van der Waals surface area (Å²) in [5, 5.41) is 5.55. The zero-order chi connectivity index (χ0) is 20.6. The topological polar surface area (TPSA) is 56.6 Å². The largest absolute Gasteiger partial charge is 0.444 e. The van der Waals surface area contributed by atoms with Gasteiger partial charge in [-0.15, -0.1) is 0 Å². The molecule has 2 fully saturated rings. The standard InChI is InChI=1S/C22H30FN3O3/c1-22(2,3)29-21(27)25-10-9-17(18(23)14-25)15-7-8-16-13-24-26(19(16)12-15)20-6-4-5-11-28-20/h7-8,12-13,17-18,20H,4-6,9-11,14H2,1-3H3. The van der Waals surface area contributed by atoms with Crippen molar-refractivity contribution in [3.05, 3.63) is 30.0 Å². The maximum absolute atomic E-state index is 15.1. The van der Waals surface area contributed by atoms with Gasteiger partial charge in [0, 0.05) is 24.5 Å². The first-order valence-electron chi connectivity index (χ1n) is 10.5. The molecule has 1 aromatic heterocycles. The minimum atomic E-state index is -1.13. The van der Waals surface area contributed by atoms with Crippen LogP contribution in [0.3, 0.4) is 0 Å². The molecule has 0 radical (unpaired) electrons. The predicted octanol–water partition coefficient (Wildman–Crippen LogP) is 4.80. The average Bonchev–Trinajstić information content (AvgIpc) is 3.10. The van der Waals surface area contributed by atoms with Crippen molar-refractivity contribution in [3.63, 3.8) is 0 Å². The van der Waals surface area contributed by atoms with Crippen molar-refractivity contribution in [2.75, 3.05) is 19.7 Å². The minimum absolute atomic E-state index is 0.0494. The lowest BCUT2D eigenvalue weighted by molar-refractivity contribution is -0.0366. The zero-order valence-electron chi connectivity index (χ0n) is 17.4. The number of ether oxygens (including phenoxy) is 2. The Balaban J connectivity index is 1.50. The molecular formula is C22H30FN3O3. The number of amides is 1. The van der Waals surface area contributed by atoms with Crippen molar-refractivity contribution in [2.45, 2.75) is 70.4 Å². The molecule has 2 aromatic rings. The van der Waals surface area contributed by atoms with E-state index in [4.69, 9.17) is 9.47 Å². The van der Waals surface area contributed by atoms with E-state index in [1.54, 1.807) is 0 Å². The number of piperidine rings is 1. The minimum Gasteiger partial charge on any atom is -0.444 e. The summed E-state index contributed by atoms with van der Waals surface area (Å²) in [5.74, 6) is -0.242. The molecule has 0 aliphatic carbocycles. The summed E-state index contributed by atoms with van der Waals surface area (Å²) in [6, 6.07) is 6.03. The third-order valence-corrected chi connectivity index (χ3v) is 5.67. The van der Waals surface area contributed by atoms with Crippen LogP contribution >= 0.6 is 0 Å². The Hall–Kier alpha value is -2.15.